The highest BCUT2D eigenvalue weighted by Gasteiger charge is 2.51. The Kier molecular flexibility index (Phi) is 4.12. The zero-order valence-electron chi connectivity index (χ0n) is 11.9. The van der Waals surface area contributed by atoms with Crippen LogP contribution in [0.25, 0.3) is 0 Å². The van der Waals surface area contributed by atoms with E-state index in [1.165, 1.54) is 0 Å². The maximum Gasteiger partial charge on any atom is 0.305 e. The summed E-state index contributed by atoms with van der Waals surface area (Å²) < 4.78 is 0. The third-order valence-electron chi connectivity index (χ3n) is 4.03. The Morgan fingerprint density at radius 1 is 1.25 bits per heavy atom. The minimum Gasteiger partial charge on any atom is -0.481 e. The van der Waals surface area contributed by atoms with Gasteiger partial charge in [-0.15, -0.1) is 0 Å². The van der Waals surface area contributed by atoms with Gasteiger partial charge >= 0.3 is 5.97 Å². The largest absolute Gasteiger partial charge is 0.481 e. The van der Waals surface area contributed by atoms with E-state index >= 15 is 0 Å². The number of aliphatic carboxylic acids is 1. The molecule has 1 aliphatic rings. The molecule has 1 amide bonds. The van der Waals surface area contributed by atoms with E-state index in [0.29, 0.717) is 0 Å². The van der Waals surface area contributed by atoms with E-state index in [2.05, 4.69) is 5.32 Å². The minimum absolute atomic E-state index is 0.0335. The number of carboxylic acids is 1. The predicted molar refractivity (Wildman–Crippen MR) is 76.4 cm³/mol. The Morgan fingerprint density at radius 3 is 2.30 bits per heavy atom. The molecule has 0 radical (unpaired) electrons. The van der Waals surface area contributed by atoms with Crippen molar-refractivity contribution in [3.63, 3.8) is 0 Å². The van der Waals surface area contributed by atoms with Crippen LogP contribution in [0.1, 0.15) is 38.7 Å². The Bertz CT molecular complexity index is 492. The molecule has 108 valence electrons. The van der Waals surface area contributed by atoms with E-state index in [1.54, 1.807) is 0 Å². The Balaban J connectivity index is 2.09. The fourth-order valence-corrected chi connectivity index (χ4v) is 2.48. The van der Waals surface area contributed by atoms with E-state index < -0.39 is 11.4 Å². The molecule has 0 bridgehead atoms. The highest BCUT2D eigenvalue weighted by molar-refractivity contribution is 5.91. The molecule has 1 aromatic rings. The fraction of sp³-hybridized carbons (Fsp3) is 0.500. The summed E-state index contributed by atoms with van der Waals surface area (Å²) in [7, 11) is 0. The van der Waals surface area contributed by atoms with Crippen molar-refractivity contribution in [2.45, 2.75) is 44.6 Å². The van der Waals surface area contributed by atoms with Crippen LogP contribution in [-0.4, -0.2) is 23.0 Å². The Morgan fingerprint density at radius 2 is 1.85 bits per heavy atom. The highest BCUT2D eigenvalue weighted by atomic mass is 16.4. The molecule has 0 spiro atoms. The number of hydrogen-bond donors (Lipinski definition) is 2. The van der Waals surface area contributed by atoms with Gasteiger partial charge in [-0.05, 0) is 24.3 Å². The molecule has 1 unspecified atom stereocenters. The van der Waals surface area contributed by atoms with Crippen LogP contribution in [0.4, 0.5) is 0 Å². The molecule has 1 fully saturated rings. The number of benzene rings is 1. The van der Waals surface area contributed by atoms with Gasteiger partial charge in [0.15, 0.2) is 0 Å². The first-order chi connectivity index (χ1) is 9.45. The zero-order valence-corrected chi connectivity index (χ0v) is 11.9. The summed E-state index contributed by atoms with van der Waals surface area (Å²) in [4.78, 5) is 23.4. The molecule has 0 aliphatic heterocycles. The number of carbonyl (C=O) groups excluding carboxylic acids is 1. The second kappa shape index (κ2) is 5.65. The van der Waals surface area contributed by atoms with E-state index in [-0.39, 0.29) is 24.3 Å². The van der Waals surface area contributed by atoms with E-state index in [4.69, 9.17) is 5.11 Å². The molecule has 0 saturated heterocycles. The van der Waals surface area contributed by atoms with Crippen LogP contribution in [-0.2, 0) is 15.0 Å². The van der Waals surface area contributed by atoms with Crippen LogP contribution in [0.2, 0.25) is 0 Å². The molecule has 2 rings (SSSR count). The molecule has 20 heavy (non-hydrogen) atoms. The van der Waals surface area contributed by atoms with Crippen LogP contribution in [0, 0.1) is 5.92 Å². The summed E-state index contributed by atoms with van der Waals surface area (Å²) in [6.07, 6.45) is 1.63. The monoisotopic (exact) mass is 275 g/mol. The summed E-state index contributed by atoms with van der Waals surface area (Å²) in [6, 6.07) is 9.40. The fourth-order valence-electron chi connectivity index (χ4n) is 2.48. The van der Waals surface area contributed by atoms with Crippen LogP contribution in [0.3, 0.4) is 0 Å². The van der Waals surface area contributed by atoms with Gasteiger partial charge in [0.05, 0.1) is 11.8 Å². The number of hydrogen-bond acceptors (Lipinski definition) is 2. The SMILES string of the molecule is CC(C)C(CC(=O)O)NC(=O)C1(c2ccccc2)CC1. The zero-order chi connectivity index (χ0) is 14.8. The molecule has 1 atom stereocenters. The molecule has 1 aromatic carbocycles. The smallest absolute Gasteiger partial charge is 0.305 e. The van der Waals surface area contributed by atoms with Gasteiger partial charge in [0.25, 0.3) is 0 Å². The van der Waals surface area contributed by atoms with Crippen LogP contribution in [0.15, 0.2) is 30.3 Å². The molecule has 1 aliphatic carbocycles. The van der Waals surface area contributed by atoms with E-state index in [1.807, 2.05) is 44.2 Å². The topological polar surface area (TPSA) is 66.4 Å². The molecular formula is C16H21NO3. The first-order valence-corrected chi connectivity index (χ1v) is 7.04. The van der Waals surface area contributed by atoms with Crippen molar-refractivity contribution in [3.05, 3.63) is 35.9 Å². The third kappa shape index (κ3) is 3.00. The average Bonchev–Trinajstić information content (AvgIpc) is 3.19. The van der Waals surface area contributed by atoms with Gasteiger partial charge in [0.2, 0.25) is 5.91 Å². The highest BCUT2D eigenvalue weighted by Crippen LogP contribution is 2.48. The lowest BCUT2D eigenvalue weighted by molar-refractivity contribution is -0.138. The summed E-state index contributed by atoms with van der Waals surface area (Å²) in [6.45, 7) is 3.85. The Labute approximate surface area is 119 Å². The second-order valence-corrected chi connectivity index (χ2v) is 5.87. The van der Waals surface area contributed by atoms with Gasteiger partial charge in [-0.25, -0.2) is 0 Å². The van der Waals surface area contributed by atoms with Crippen molar-refractivity contribution in [3.8, 4) is 0 Å². The van der Waals surface area contributed by atoms with Crippen LogP contribution >= 0.6 is 0 Å². The number of rotatable bonds is 6. The van der Waals surface area contributed by atoms with Gasteiger partial charge < -0.3 is 10.4 Å². The van der Waals surface area contributed by atoms with Gasteiger partial charge in [0.1, 0.15) is 0 Å². The van der Waals surface area contributed by atoms with E-state index in [9.17, 15) is 9.59 Å². The summed E-state index contributed by atoms with van der Waals surface area (Å²) in [5, 5.41) is 11.9. The predicted octanol–water partition coefficient (Wildman–Crippen LogP) is 2.33. The van der Waals surface area contributed by atoms with Crippen LogP contribution < -0.4 is 5.32 Å². The quantitative estimate of drug-likeness (QED) is 0.837. The number of carbonyl (C=O) groups is 2. The Hall–Kier alpha value is -1.84. The summed E-state index contributed by atoms with van der Waals surface area (Å²) >= 11 is 0. The van der Waals surface area contributed by atoms with Gasteiger partial charge in [0, 0.05) is 6.04 Å². The first kappa shape index (κ1) is 14.6. The second-order valence-electron chi connectivity index (χ2n) is 5.87. The maximum absolute atomic E-state index is 12.5. The number of amides is 1. The lowest BCUT2D eigenvalue weighted by Crippen LogP contribution is -2.45. The standard InChI is InChI=1S/C16H21NO3/c1-11(2)13(10-14(18)19)17-15(20)16(8-9-16)12-6-4-3-5-7-12/h3-7,11,13H,8-10H2,1-2H3,(H,17,20)(H,18,19). The molecule has 0 aromatic heterocycles. The number of carboxylic acid groups (broad SMARTS) is 1. The van der Waals surface area contributed by atoms with Gasteiger partial charge in [-0.1, -0.05) is 44.2 Å². The molecular weight excluding hydrogens is 254 g/mol. The molecule has 4 heteroatoms. The molecule has 1 saturated carbocycles. The lowest BCUT2D eigenvalue weighted by Gasteiger charge is -2.24. The number of nitrogens with one attached hydrogen (secondary N) is 1. The van der Waals surface area contributed by atoms with Gasteiger partial charge in [-0.3, -0.25) is 9.59 Å². The van der Waals surface area contributed by atoms with Crippen molar-refractivity contribution in [2.75, 3.05) is 0 Å². The summed E-state index contributed by atoms with van der Waals surface area (Å²) in [5.41, 5.74) is 0.586. The normalized spacial score (nSPS) is 17.6. The first-order valence-electron chi connectivity index (χ1n) is 7.04. The van der Waals surface area contributed by atoms with Crippen molar-refractivity contribution < 1.29 is 14.7 Å². The van der Waals surface area contributed by atoms with Crippen molar-refractivity contribution in [1.82, 2.24) is 5.32 Å². The molecule has 0 heterocycles. The van der Waals surface area contributed by atoms with Crippen molar-refractivity contribution >= 4 is 11.9 Å². The van der Waals surface area contributed by atoms with Crippen molar-refractivity contribution in [1.29, 1.82) is 0 Å². The lowest BCUT2D eigenvalue weighted by atomic mass is 9.93. The third-order valence-corrected chi connectivity index (χ3v) is 4.03. The maximum atomic E-state index is 12.5. The van der Waals surface area contributed by atoms with Crippen LogP contribution in [0.5, 0.6) is 0 Å². The average molecular weight is 275 g/mol. The summed E-state index contributed by atoms with van der Waals surface area (Å²) in [5.74, 6) is -0.821. The van der Waals surface area contributed by atoms with E-state index in [0.717, 1.165) is 18.4 Å². The minimum atomic E-state index is -0.881. The van der Waals surface area contributed by atoms with Gasteiger partial charge in [-0.2, -0.15) is 0 Å². The molecule has 4 nitrogen and oxygen atoms in total. The van der Waals surface area contributed by atoms with Crippen molar-refractivity contribution in [2.24, 2.45) is 5.92 Å². The molecule has 2 N–H and O–H groups in total.